The number of carbonyl (C=O) groups excluding carboxylic acids is 1. The molecule has 1 aromatic carbocycles. The molecule has 0 bridgehead atoms. The van der Waals surface area contributed by atoms with Crippen molar-refractivity contribution in [2.24, 2.45) is 0 Å². The summed E-state index contributed by atoms with van der Waals surface area (Å²) in [5.74, 6) is 1.78. The molecule has 0 amide bonds. The average Bonchev–Trinajstić information content (AvgIpc) is 2.26. The van der Waals surface area contributed by atoms with E-state index in [4.69, 9.17) is 9.47 Å². The number of methoxy groups -OCH3 is 2. The number of rotatable bonds is 5. The van der Waals surface area contributed by atoms with Crippen LogP contribution in [0.25, 0.3) is 0 Å². The van der Waals surface area contributed by atoms with Crippen molar-refractivity contribution in [1.82, 2.24) is 0 Å². The maximum Gasteiger partial charge on any atom is 0.175 e. The first-order chi connectivity index (χ1) is 8.42. The highest BCUT2D eigenvalue weighted by atomic mass is 79.9. The van der Waals surface area contributed by atoms with Crippen LogP contribution in [0.4, 0.5) is 0 Å². The Morgan fingerprint density at radius 3 is 2.22 bits per heavy atom. The van der Waals surface area contributed by atoms with Gasteiger partial charge < -0.3 is 9.47 Å². The molecule has 0 atom stereocenters. The highest BCUT2D eigenvalue weighted by Crippen LogP contribution is 2.43. The quantitative estimate of drug-likeness (QED) is 0.831. The lowest BCUT2D eigenvalue weighted by Crippen LogP contribution is -2.06. The summed E-state index contributed by atoms with van der Waals surface area (Å²) in [4.78, 5) is 11.4. The Morgan fingerprint density at radius 2 is 1.83 bits per heavy atom. The highest BCUT2D eigenvalue weighted by molar-refractivity contribution is 9.10. The van der Waals surface area contributed by atoms with E-state index in [1.807, 2.05) is 6.07 Å². The summed E-state index contributed by atoms with van der Waals surface area (Å²) in [6, 6.07) is 1.94. The zero-order chi connectivity index (χ0) is 13.9. The van der Waals surface area contributed by atoms with Crippen LogP contribution in [0.2, 0.25) is 0 Å². The Kier molecular flexibility index (Phi) is 5.20. The van der Waals surface area contributed by atoms with E-state index in [2.05, 4.69) is 29.8 Å². The Hall–Kier alpha value is -1.03. The fraction of sp³-hybridized carbons (Fsp3) is 0.500. The largest absolute Gasteiger partial charge is 0.493 e. The van der Waals surface area contributed by atoms with Crippen LogP contribution in [-0.4, -0.2) is 20.0 Å². The number of Topliss-reactive ketones (excluding diaryl/α,β-unsaturated/α-hetero) is 1. The first kappa shape index (κ1) is 15.0. The summed E-state index contributed by atoms with van der Waals surface area (Å²) >= 11 is 3.46. The highest BCUT2D eigenvalue weighted by Gasteiger charge is 2.21. The zero-order valence-electron chi connectivity index (χ0n) is 11.5. The Morgan fingerprint density at radius 1 is 1.28 bits per heavy atom. The number of hydrogen-bond donors (Lipinski definition) is 0. The van der Waals surface area contributed by atoms with Gasteiger partial charge in [0.1, 0.15) is 5.78 Å². The van der Waals surface area contributed by atoms with Crippen LogP contribution in [0.1, 0.15) is 37.8 Å². The summed E-state index contributed by atoms with van der Waals surface area (Å²) < 4.78 is 11.6. The van der Waals surface area contributed by atoms with Crippen molar-refractivity contribution in [2.75, 3.05) is 14.2 Å². The molecular formula is C14H19BrO3. The third-order valence-electron chi connectivity index (χ3n) is 2.74. The van der Waals surface area contributed by atoms with Gasteiger partial charge in [-0.05, 0) is 40.4 Å². The van der Waals surface area contributed by atoms with Gasteiger partial charge in [0.05, 0.1) is 18.7 Å². The molecule has 0 aromatic heterocycles. The lowest BCUT2D eigenvalue weighted by atomic mass is 9.93. The number of hydrogen-bond acceptors (Lipinski definition) is 3. The third kappa shape index (κ3) is 3.05. The lowest BCUT2D eigenvalue weighted by molar-refractivity contribution is -0.116. The molecule has 1 rings (SSSR count). The molecule has 0 radical (unpaired) electrons. The first-order valence-electron chi connectivity index (χ1n) is 5.85. The number of halogens is 1. The molecule has 0 heterocycles. The monoisotopic (exact) mass is 314 g/mol. The van der Waals surface area contributed by atoms with E-state index in [-0.39, 0.29) is 11.7 Å². The molecule has 3 nitrogen and oxygen atoms in total. The van der Waals surface area contributed by atoms with E-state index >= 15 is 0 Å². The smallest absolute Gasteiger partial charge is 0.175 e. The van der Waals surface area contributed by atoms with Gasteiger partial charge in [-0.25, -0.2) is 0 Å². The maximum absolute atomic E-state index is 11.4. The summed E-state index contributed by atoms with van der Waals surface area (Å²) in [6.45, 7) is 5.75. The average molecular weight is 315 g/mol. The molecule has 0 spiro atoms. The molecule has 100 valence electrons. The Balaban J connectivity index is 3.51. The summed E-state index contributed by atoms with van der Waals surface area (Å²) in [5.41, 5.74) is 2.02. The Bertz CT molecular complexity index is 453. The van der Waals surface area contributed by atoms with Crippen LogP contribution in [0.5, 0.6) is 11.5 Å². The van der Waals surface area contributed by atoms with Crippen LogP contribution < -0.4 is 9.47 Å². The SMILES string of the molecule is COc1c(Br)cc(CC(C)=O)c(C(C)C)c1OC. The molecule has 0 unspecified atom stereocenters. The molecule has 0 saturated carbocycles. The van der Waals surface area contributed by atoms with E-state index in [1.165, 1.54) is 0 Å². The van der Waals surface area contributed by atoms with Crippen molar-refractivity contribution in [3.05, 3.63) is 21.7 Å². The molecule has 0 aliphatic rings. The molecule has 18 heavy (non-hydrogen) atoms. The lowest BCUT2D eigenvalue weighted by Gasteiger charge is -2.20. The number of carbonyl (C=O) groups is 1. The van der Waals surface area contributed by atoms with Crippen molar-refractivity contribution in [2.45, 2.75) is 33.1 Å². The predicted molar refractivity (Wildman–Crippen MR) is 75.7 cm³/mol. The summed E-state index contributed by atoms with van der Waals surface area (Å²) in [7, 11) is 3.23. The van der Waals surface area contributed by atoms with Crippen molar-refractivity contribution < 1.29 is 14.3 Å². The van der Waals surface area contributed by atoms with Crippen LogP contribution in [-0.2, 0) is 11.2 Å². The standard InChI is InChI=1S/C14H19BrO3/c1-8(2)12-10(6-9(3)16)7-11(15)13(17-4)14(12)18-5/h7-8H,6H2,1-5H3. The summed E-state index contributed by atoms with van der Waals surface area (Å²) in [6.07, 6.45) is 0.409. The van der Waals surface area contributed by atoms with Crippen molar-refractivity contribution in [3.63, 3.8) is 0 Å². The number of benzene rings is 1. The van der Waals surface area contributed by atoms with Crippen molar-refractivity contribution >= 4 is 21.7 Å². The van der Waals surface area contributed by atoms with E-state index < -0.39 is 0 Å². The normalized spacial score (nSPS) is 10.6. The Labute approximate surface area is 117 Å². The number of ether oxygens (including phenoxy) is 2. The van der Waals surface area contributed by atoms with Gasteiger partial charge >= 0.3 is 0 Å². The van der Waals surface area contributed by atoms with Crippen LogP contribution in [0.15, 0.2) is 10.5 Å². The minimum Gasteiger partial charge on any atom is -0.493 e. The molecule has 0 fully saturated rings. The predicted octanol–water partition coefficient (Wildman–Crippen LogP) is 3.72. The van der Waals surface area contributed by atoms with Crippen molar-refractivity contribution in [1.29, 1.82) is 0 Å². The van der Waals surface area contributed by atoms with E-state index in [0.717, 1.165) is 15.6 Å². The molecule has 1 aromatic rings. The van der Waals surface area contributed by atoms with Gasteiger partial charge in [-0.15, -0.1) is 0 Å². The second kappa shape index (κ2) is 6.23. The fourth-order valence-corrected chi connectivity index (χ4v) is 2.73. The van der Waals surface area contributed by atoms with Crippen molar-refractivity contribution in [3.8, 4) is 11.5 Å². The molecule has 0 saturated heterocycles. The van der Waals surface area contributed by atoms with Gasteiger partial charge in [0.15, 0.2) is 11.5 Å². The van der Waals surface area contributed by atoms with Gasteiger partial charge in [-0.2, -0.15) is 0 Å². The minimum atomic E-state index is 0.135. The second-order valence-corrected chi connectivity index (χ2v) is 5.39. The molecular weight excluding hydrogens is 296 g/mol. The summed E-state index contributed by atoms with van der Waals surface area (Å²) in [5, 5.41) is 0. The van der Waals surface area contributed by atoms with E-state index in [9.17, 15) is 4.79 Å². The van der Waals surface area contributed by atoms with E-state index in [1.54, 1.807) is 21.1 Å². The molecule has 0 N–H and O–H groups in total. The van der Waals surface area contributed by atoms with E-state index in [0.29, 0.717) is 17.9 Å². The topological polar surface area (TPSA) is 35.5 Å². The zero-order valence-corrected chi connectivity index (χ0v) is 13.1. The van der Waals surface area contributed by atoms with Crippen LogP contribution in [0, 0.1) is 0 Å². The van der Waals surface area contributed by atoms with Gasteiger partial charge in [0.25, 0.3) is 0 Å². The van der Waals surface area contributed by atoms with Crippen LogP contribution >= 0.6 is 15.9 Å². The van der Waals surface area contributed by atoms with Crippen LogP contribution in [0.3, 0.4) is 0 Å². The van der Waals surface area contributed by atoms with Gasteiger partial charge in [-0.3, -0.25) is 4.79 Å². The molecule has 0 aliphatic carbocycles. The van der Waals surface area contributed by atoms with Gasteiger partial charge in [-0.1, -0.05) is 13.8 Å². The third-order valence-corrected chi connectivity index (χ3v) is 3.33. The maximum atomic E-state index is 11.4. The first-order valence-corrected chi connectivity index (χ1v) is 6.64. The minimum absolute atomic E-state index is 0.135. The van der Waals surface area contributed by atoms with Gasteiger partial charge in [0.2, 0.25) is 0 Å². The number of ketones is 1. The fourth-order valence-electron chi connectivity index (χ4n) is 2.11. The van der Waals surface area contributed by atoms with Gasteiger partial charge in [0, 0.05) is 12.0 Å². The molecule has 4 heteroatoms. The second-order valence-electron chi connectivity index (χ2n) is 4.53. The molecule has 0 aliphatic heterocycles.